The zero-order valence-electron chi connectivity index (χ0n) is 7.75. The summed E-state index contributed by atoms with van der Waals surface area (Å²) in [7, 11) is 4.31. The minimum absolute atomic E-state index is 0.280. The van der Waals surface area contributed by atoms with E-state index in [0.29, 0.717) is 6.04 Å². The van der Waals surface area contributed by atoms with E-state index in [2.05, 4.69) is 30.8 Å². The molecule has 0 radical (unpaired) electrons. The number of nitrogens with zero attached hydrogens (tertiary/aromatic N) is 2. The molecule has 11 heavy (non-hydrogen) atoms. The molecule has 2 atom stereocenters. The van der Waals surface area contributed by atoms with Crippen molar-refractivity contribution in [2.24, 2.45) is 5.73 Å². The molecule has 0 saturated carbocycles. The second kappa shape index (κ2) is 3.52. The molecule has 1 heterocycles. The molecule has 1 unspecified atom stereocenters. The number of rotatable bonds is 1. The summed E-state index contributed by atoms with van der Waals surface area (Å²) in [5, 5.41) is 0. The zero-order chi connectivity index (χ0) is 8.43. The van der Waals surface area contributed by atoms with Gasteiger partial charge in [-0.1, -0.05) is 0 Å². The van der Waals surface area contributed by atoms with Crippen molar-refractivity contribution in [1.82, 2.24) is 9.80 Å². The monoisotopic (exact) mass is 157 g/mol. The zero-order valence-corrected chi connectivity index (χ0v) is 7.75. The molecule has 0 bridgehead atoms. The van der Waals surface area contributed by atoms with Gasteiger partial charge in [-0.25, -0.2) is 0 Å². The van der Waals surface area contributed by atoms with E-state index < -0.39 is 0 Å². The molecule has 0 spiro atoms. The lowest BCUT2D eigenvalue weighted by atomic mass is 10.1. The Labute approximate surface area is 69.1 Å². The van der Waals surface area contributed by atoms with Gasteiger partial charge in [0.05, 0.1) is 0 Å². The van der Waals surface area contributed by atoms with E-state index in [1.54, 1.807) is 0 Å². The fraction of sp³-hybridized carbons (Fsp3) is 1.00. The molecule has 0 amide bonds. The van der Waals surface area contributed by atoms with Gasteiger partial charge in [0.1, 0.15) is 0 Å². The lowest BCUT2D eigenvalue weighted by Gasteiger charge is -2.39. The summed E-state index contributed by atoms with van der Waals surface area (Å²) in [6, 6.07) is 0.816. The highest BCUT2D eigenvalue weighted by Gasteiger charge is 2.24. The molecule has 2 N–H and O–H groups in total. The molecule has 1 aliphatic rings. The van der Waals surface area contributed by atoms with Crippen LogP contribution in [0.3, 0.4) is 0 Å². The Kier molecular flexibility index (Phi) is 2.87. The Morgan fingerprint density at radius 3 is 2.45 bits per heavy atom. The van der Waals surface area contributed by atoms with E-state index in [-0.39, 0.29) is 6.04 Å². The van der Waals surface area contributed by atoms with Crippen LogP contribution in [0, 0.1) is 0 Å². The van der Waals surface area contributed by atoms with Crippen molar-refractivity contribution >= 4 is 0 Å². The molecule has 1 rings (SSSR count). The normalized spacial score (nSPS) is 32.2. The van der Waals surface area contributed by atoms with Crippen LogP contribution in [-0.4, -0.2) is 55.6 Å². The molecule has 1 fully saturated rings. The van der Waals surface area contributed by atoms with Gasteiger partial charge in [0.25, 0.3) is 0 Å². The second-order valence-electron chi connectivity index (χ2n) is 3.67. The molecular weight excluding hydrogens is 138 g/mol. The summed E-state index contributed by atoms with van der Waals surface area (Å²) in [5.74, 6) is 0. The highest BCUT2D eigenvalue weighted by molar-refractivity contribution is 4.84. The third-order valence-electron chi connectivity index (χ3n) is 2.51. The van der Waals surface area contributed by atoms with Crippen LogP contribution in [0.15, 0.2) is 0 Å². The quantitative estimate of drug-likeness (QED) is 0.561. The predicted molar refractivity (Wildman–Crippen MR) is 47.6 cm³/mol. The van der Waals surface area contributed by atoms with Crippen LogP contribution in [-0.2, 0) is 0 Å². The van der Waals surface area contributed by atoms with Crippen molar-refractivity contribution in [2.45, 2.75) is 19.0 Å². The van der Waals surface area contributed by atoms with Crippen LogP contribution < -0.4 is 5.73 Å². The highest BCUT2D eigenvalue weighted by Crippen LogP contribution is 2.07. The van der Waals surface area contributed by atoms with Crippen LogP contribution in [0.2, 0.25) is 0 Å². The van der Waals surface area contributed by atoms with Crippen molar-refractivity contribution in [1.29, 1.82) is 0 Å². The van der Waals surface area contributed by atoms with Crippen molar-refractivity contribution in [3.8, 4) is 0 Å². The molecule has 1 saturated heterocycles. The predicted octanol–water partition coefficient (Wildman–Crippen LogP) is -0.421. The average Bonchev–Trinajstić information content (AvgIpc) is 1.94. The summed E-state index contributed by atoms with van der Waals surface area (Å²) < 4.78 is 0. The number of nitrogens with two attached hydrogens (primary N) is 1. The Bertz CT molecular complexity index is 125. The van der Waals surface area contributed by atoms with Crippen LogP contribution in [0.25, 0.3) is 0 Å². The van der Waals surface area contributed by atoms with E-state index in [1.807, 2.05) is 0 Å². The first kappa shape index (κ1) is 8.97. The van der Waals surface area contributed by atoms with Crippen molar-refractivity contribution in [3.05, 3.63) is 0 Å². The minimum atomic E-state index is 0.280. The van der Waals surface area contributed by atoms with Crippen molar-refractivity contribution < 1.29 is 0 Å². The summed E-state index contributed by atoms with van der Waals surface area (Å²) in [6.45, 7) is 5.50. The summed E-state index contributed by atoms with van der Waals surface area (Å²) in [5.41, 5.74) is 5.85. The van der Waals surface area contributed by atoms with E-state index in [0.717, 1.165) is 13.1 Å². The fourth-order valence-electron chi connectivity index (χ4n) is 1.61. The third-order valence-corrected chi connectivity index (χ3v) is 2.51. The third kappa shape index (κ3) is 2.15. The largest absolute Gasteiger partial charge is 0.326 e. The van der Waals surface area contributed by atoms with Crippen LogP contribution in [0.4, 0.5) is 0 Å². The molecule has 1 aliphatic heterocycles. The van der Waals surface area contributed by atoms with Gasteiger partial charge in [-0.15, -0.1) is 0 Å². The lowest BCUT2D eigenvalue weighted by molar-refractivity contribution is 0.101. The Hall–Kier alpha value is -0.120. The van der Waals surface area contributed by atoms with Crippen LogP contribution in [0.5, 0.6) is 0 Å². The van der Waals surface area contributed by atoms with Gasteiger partial charge in [-0.3, -0.25) is 4.90 Å². The number of piperazine rings is 1. The topological polar surface area (TPSA) is 32.5 Å². The number of hydrogen-bond acceptors (Lipinski definition) is 3. The van der Waals surface area contributed by atoms with Gasteiger partial charge in [0, 0.05) is 31.7 Å². The Morgan fingerprint density at radius 1 is 1.36 bits per heavy atom. The maximum absolute atomic E-state index is 5.85. The average molecular weight is 157 g/mol. The van der Waals surface area contributed by atoms with E-state index in [1.165, 1.54) is 6.54 Å². The lowest BCUT2D eigenvalue weighted by Crippen LogP contribution is -2.56. The van der Waals surface area contributed by atoms with Crippen molar-refractivity contribution in [3.63, 3.8) is 0 Å². The van der Waals surface area contributed by atoms with Crippen LogP contribution >= 0.6 is 0 Å². The highest BCUT2D eigenvalue weighted by atomic mass is 15.3. The first-order valence-corrected chi connectivity index (χ1v) is 4.25. The number of likely N-dealkylation sites (N-methyl/N-ethyl adjacent to an activating group) is 2. The molecule has 66 valence electrons. The molecule has 0 aromatic carbocycles. The number of hydrogen-bond donors (Lipinski definition) is 1. The van der Waals surface area contributed by atoms with E-state index in [4.69, 9.17) is 5.73 Å². The maximum Gasteiger partial charge on any atom is 0.0369 e. The van der Waals surface area contributed by atoms with E-state index >= 15 is 0 Å². The molecule has 3 heteroatoms. The summed E-state index contributed by atoms with van der Waals surface area (Å²) in [6.07, 6.45) is 0. The van der Waals surface area contributed by atoms with Gasteiger partial charge in [0.2, 0.25) is 0 Å². The van der Waals surface area contributed by atoms with E-state index in [9.17, 15) is 0 Å². The van der Waals surface area contributed by atoms with Gasteiger partial charge >= 0.3 is 0 Å². The smallest absolute Gasteiger partial charge is 0.0369 e. The van der Waals surface area contributed by atoms with Gasteiger partial charge in [0.15, 0.2) is 0 Å². The second-order valence-corrected chi connectivity index (χ2v) is 3.67. The first-order valence-electron chi connectivity index (χ1n) is 4.25. The standard InChI is InChI=1S/C8H19N3/c1-7(9)8-6-10(2)4-5-11(8)3/h7-8H,4-6,9H2,1-3H3/t7-,8?/m1/s1. The minimum Gasteiger partial charge on any atom is -0.326 e. The van der Waals surface area contributed by atoms with Gasteiger partial charge < -0.3 is 10.6 Å². The SMILES string of the molecule is C[C@@H](N)C1CN(C)CCN1C. The Morgan fingerprint density at radius 2 is 2.00 bits per heavy atom. The van der Waals surface area contributed by atoms with Gasteiger partial charge in [-0.2, -0.15) is 0 Å². The first-order chi connectivity index (χ1) is 5.11. The van der Waals surface area contributed by atoms with Gasteiger partial charge in [-0.05, 0) is 21.0 Å². The van der Waals surface area contributed by atoms with Crippen LogP contribution in [0.1, 0.15) is 6.92 Å². The molecule has 3 nitrogen and oxygen atoms in total. The molecule has 0 aromatic rings. The molecule has 0 aliphatic carbocycles. The van der Waals surface area contributed by atoms with Crippen molar-refractivity contribution in [2.75, 3.05) is 33.7 Å². The maximum atomic E-state index is 5.85. The Balaban J connectivity index is 2.47. The fourth-order valence-corrected chi connectivity index (χ4v) is 1.61. The summed E-state index contributed by atoms with van der Waals surface area (Å²) in [4.78, 5) is 4.69. The molecular formula is C8H19N3. The molecule has 0 aromatic heterocycles. The summed E-state index contributed by atoms with van der Waals surface area (Å²) >= 11 is 0.